The Hall–Kier alpha value is -2.79. The van der Waals surface area contributed by atoms with Gasteiger partial charge in [0.15, 0.2) is 0 Å². The third kappa shape index (κ3) is 2.65. The first kappa shape index (κ1) is 16.7. The van der Waals surface area contributed by atoms with Gasteiger partial charge in [0.05, 0.1) is 16.9 Å². The molecule has 8 heteroatoms. The largest absolute Gasteiger partial charge is 0.371 e. The van der Waals surface area contributed by atoms with Crippen molar-refractivity contribution in [3.05, 3.63) is 50.5 Å². The van der Waals surface area contributed by atoms with Crippen molar-refractivity contribution < 1.29 is 0 Å². The van der Waals surface area contributed by atoms with E-state index in [9.17, 15) is 9.59 Å². The van der Waals surface area contributed by atoms with Crippen LogP contribution in [-0.2, 0) is 0 Å². The molecule has 136 valence electrons. The summed E-state index contributed by atoms with van der Waals surface area (Å²) in [7, 11) is 0. The van der Waals surface area contributed by atoms with Crippen molar-refractivity contribution in [3.8, 4) is 0 Å². The molecule has 0 amide bonds. The average Bonchev–Trinajstić information content (AvgIpc) is 3.34. The number of benzene rings is 1. The van der Waals surface area contributed by atoms with Crippen molar-refractivity contribution in [2.24, 2.45) is 11.7 Å². The van der Waals surface area contributed by atoms with Gasteiger partial charge in [-0.05, 0) is 37.5 Å². The predicted molar refractivity (Wildman–Crippen MR) is 101 cm³/mol. The van der Waals surface area contributed by atoms with Gasteiger partial charge in [-0.2, -0.15) is 4.68 Å². The molecule has 2 atom stereocenters. The molecule has 2 aliphatic rings. The number of nitrogens with zero attached hydrogens (tertiary/aromatic N) is 4. The normalized spacial score (nSPS) is 21.1. The van der Waals surface area contributed by atoms with Crippen molar-refractivity contribution in [1.82, 2.24) is 9.24 Å². The molecule has 2 heterocycles. The molecule has 2 unspecified atom stereocenters. The Bertz CT molecular complexity index is 1010. The van der Waals surface area contributed by atoms with E-state index in [0.717, 1.165) is 38.0 Å². The van der Waals surface area contributed by atoms with Crippen LogP contribution in [0.25, 0.3) is 15.7 Å². The van der Waals surface area contributed by atoms with Gasteiger partial charge in [-0.25, -0.2) is 11.4 Å². The minimum Gasteiger partial charge on any atom is -0.371 e. The van der Waals surface area contributed by atoms with Gasteiger partial charge in [0.2, 0.25) is 6.54 Å². The Morgan fingerprint density at radius 2 is 2.04 bits per heavy atom. The maximum Gasteiger partial charge on any atom is 0.350 e. The fourth-order valence-electron chi connectivity index (χ4n) is 3.84. The zero-order chi connectivity index (χ0) is 18.4. The topological polar surface area (TPSA) is 104 Å². The quantitative estimate of drug-likeness (QED) is 0.606. The maximum atomic E-state index is 12.5. The summed E-state index contributed by atoms with van der Waals surface area (Å²) in [5.74, 6) is 5.96. The molecule has 1 aliphatic heterocycles. The van der Waals surface area contributed by atoms with Gasteiger partial charge in [-0.1, -0.05) is 0 Å². The lowest BCUT2D eigenvalue weighted by Crippen LogP contribution is -2.44. The molecule has 1 saturated carbocycles. The third-order valence-corrected chi connectivity index (χ3v) is 5.51. The number of aromatic nitrogens is 2. The number of anilines is 1. The van der Waals surface area contributed by atoms with Crippen LogP contribution in [0.1, 0.15) is 25.3 Å². The van der Waals surface area contributed by atoms with E-state index in [1.165, 1.54) is 0 Å². The van der Waals surface area contributed by atoms with E-state index in [2.05, 4.69) is 9.74 Å². The zero-order valence-corrected chi connectivity index (χ0v) is 14.5. The number of hydrogen-bond donors (Lipinski definition) is 2. The van der Waals surface area contributed by atoms with E-state index >= 15 is 0 Å². The lowest BCUT2D eigenvalue weighted by atomic mass is 10.0. The van der Waals surface area contributed by atoms with Gasteiger partial charge in [0, 0.05) is 30.7 Å². The van der Waals surface area contributed by atoms with Crippen LogP contribution in [0.3, 0.4) is 0 Å². The Balaban J connectivity index is 1.74. The highest BCUT2D eigenvalue weighted by Crippen LogP contribution is 2.36. The van der Waals surface area contributed by atoms with Crippen LogP contribution < -0.4 is 27.7 Å². The smallest absolute Gasteiger partial charge is 0.350 e. The van der Waals surface area contributed by atoms with E-state index in [1.54, 1.807) is 10.6 Å². The lowest BCUT2D eigenvalue weighted by molar-refractivity contribution is 0.480. The first-order chi connectivity index (χ1) is 12.5. The van der Waals surface area contributed by atoms with Crippen LogP contribution >= 0.6 is 0 Å². The number of nitrogens with two attached hydrogens (primary N) is 2. The van der Waals surface area contributed by atoms with E-state index in [0.29, 0.717) is 22.1 Å². The Labute approximate surface area is 150 Å². The Kier molecular flexibility index (Phi) is 3.96. The van der Waals surface area contributed by atoms with Crippen molar-refractivity contribution >= 4 is 16.6 Å². The number of nitrogen functional groups attached to an aromatic ring is 1. The monoisotopic (exact) mass is 354 g/mol. The highest BCUT2D eigenvalue weighted by Gasteiger charge is 2.31. The molecule has 1 aromatic carbocycles. The molecular weight excluding hydrogens is 332 g/mol. The second kappa shape index (κ2) is 6.18. The molecule has 2 fully saturated rings. The number of rotatable bonds is 4. The van der Waals surface area contributed by atoms with Crippen LogP contribution in [-0.4, -0.2) is 34.9 Å². The maximum absolute atomic E-state index is 12.5. The van der Waals surface area contributed by atoms with Crippen LogP contribution in [0.2, 0.25) is 0 Å². The number of hydrogen-bond acceptors (Lipinski definition) is 5. The molecule has 1 aliphatic carbocycles. The van der Waals surface area contributed by atoms with Gasteiger partial charge >= 0.3 is 5.69 Å². The second-order valence-electron chi connectivity index (χ2n) is 7.26. The fourth-order valence-corrected chi connectivity index (χ4v) is 3.84. The first-order valence-electron chi connectivity index (χ1n) is 8.91. The van der Waals surface area contributed by atoms with E-state index in [1.807, 2.05) is 12.1 Å². The summed E-state index contributed by atoms with van der Waals surface area (Å²) < 4.78 is 2.36. The van der Waals surface area contributed by atoms with Gasteiger partial charge in [-0.15, -0.1) is 0 Å². The molecule has 4 N–H and O–H groups in total. The minimum atomic E-state index is -0.466. The minimum absolute atomic E-state index is 0.118. The highest BCUT2D eigenvalue weighted by atomic mass is 16.2. The summed E-state index contributed by atoms with van der Waals surface area (Å²) >= 11 is 0. The predicted octanol–water partition coefficient (Wildman–Crippen LogP) is 0.285. The summed E-state index contributed by atoms with van der Waals surface area (Å²) in [5.41, 5.74) is 6.80. The summed E-state index contributed by atoms with van der Waals surface area (Å²) in [6.07, 6.45) is 2.79. The molecule has 0 radical (unpaired) electrons. The standard InChI is InChI=1S/C18H22N6O2/c1-21-9-15(19)11-6-7-22(10-11)13-4-5-14-16(8-13)23(12-2-3-12)18(26)24(20)17(14)25/h4-5,8,11-12,15H,2-3,6-7,9-10,19-20H2. The number of fused-ring (bicyclic) bond motifs is 1. The highest BCUT2D eigenvalue weighted by molar-refractivity contribution is 5.82. The summed E-state index contributed by atoms with van der Waals surface area (Å²) in [6.45, 7) is 8.96. The Morgan fingerprint density at radius 3 is 2.73 bits per heavy atom. The Morgan fingerprint density at radius 1 is 1.27 bits per heavy atom. The molecular formula is C18H22N6O2. The third-order valence-electron chi connectivity index (χ3n) is 5.51. The van der Waals surface area contributed by atoms with Crippen LogP contribution in [0.15, 0.2) is 27.8 Å². The van der Waals surface area contributed by atoms with E-state index in [-0.39, 0.29) is 18.0 Å². The van der Waals surface area contributed by atoms with Crippen molar-refractivity contribution in [1.29, 1.82) is 0 Å². The summed E-state index contributed by atoms with van der Waals surface area (Å²) in [4.78, 5) is 30.4. The van der Waals surface area contributed by atoms with Crippen LogP contribution in [0.4, 0.5) is 5.69 Å². The summed E-state index contributed by atoms with van der Waals surface area (Å²) in [6, 6.07) is 5.57. The fraction of sp³-hybridized carbons (Fsp3) is 0.500. The first-order valence-corrected chi connectivity index (χ1v) is 8.91. The van der Waals surface area contributed by atoms with Crippen LogP contribution in [0.5, 0.6) is 0 Å². The van der Waals surface area contributed by atoms with E-state index < -0.39 is 11.2 Å². The molecule has 0 bridgehead atoms. The van der Waals surface area contributed by atoms with Gasteiger partial charge in [-0.3, -0.25) is 9.36 Å². The van der Waals surface area contributed by atoms with Crippen molar-refractivity contribution in [2.75, 3.05) is 30.4 Å². The zero-order valence-electron chi connectivity index (χ0n) is 14.5. The van der Waals surface area contributed by atoms with Gasteiger partial charge in [0.25, 0.3) is 5.56 Å². The van der Waals surface area contributed by atoms with Gasteiger partial charge < -0.3 is 21.3 Å². The van der Waals surface area contributed by atoms with Gasteiger partial charge in [0.1, 0.15) is 0 Å². The molecule has 4 rings (SSSR count). The summed E-state index contributed by atoms with van der Waals surface area (Å²) in [5, 5.41) is 0.461. The van der Waals surface area contributed by atoms with Crippen molar-refractivity contribution in [2.45, 2.75) is 31.3 Å². The molecule has 1 saturated heterocycles. The molecule has 1 aromatic heterocycles. The second-order valence-corrected chi connectivity index (χ2v) is 7.26. The average molecular weight is 354 g/mol. The molecule has 8 nitrogen and oxygen atoms in total. The molecule has 26 heavy (non-hydrogen) atoms. The van der Waals surface area contributed by atoms with Crippen LogP contribution in [0, 0.1) is 12.5 Å². The van der Waals surface area contributed by atoms with Crippen molar-refractivity contribution in [3.63, 3.8) is 0 Å². The molecule has 0 spiro atoms. The molecule has 2 aromatic rings. The lowest BCUT2D eigenvalue weighted by Gasteiger charge is -2.21. The SMILES string of the molecule is [C-]#[N+]CC(N)C1CCN(c2ccc3c(=O)n(N)c(=O)n(C4CC4)c3c2)C1. The van der Waals surface area contributed by atoms with E-state index in [4.69, 9.17) is 18.1 Å².